The van der Waals surface area contributed by atoms with Gasteiger partial charge in [0, 0.05) is 37.8 Å². The third kappa shape index (κ3) is 4.23. The van der Waals surface area contributed by atoms with Crippen LogP contribution in [0.2, 0.25) is 0 Å². The molecule has 6 nitrogen and oxygen atoms in total. The number of benzene rings is 1. The Labute approximate surface area is 146 Å². The molecular weight excluding hydrogens is 348 g/mol. The summed E-state index contributed by atoms with van der Waals surface area (Å²) in [5.41, 5.74) is -0.197. The summed E-state index contributed by atoms with van der Waals surface area (Å²) in [4.78, 5) is 12.4. The van der Waals surface area contributed by atoms with Gasteiger partial charge in [-0.3, -0.25) is 15.0 Å². The highest BCUT2D eigenvalue weighted by molar-refractivity contribution is 5.85. The topological polar surface area (TPSA) is 78.6 Å². The molecule has 3 rings (SSSR count). The molecule has 130 valence electrons. The lowest BCUT2D eigenvalue weighted by Gasteiger charge is -2.35. The molecule has 1 aromatic carbocycles. The maximum absolute atomic E-state index is 13.7. The summed E-state index contributed by atoms with van der Waals surface area (Å²) in [6.45, 7) is 3.26. The molecule has 2 N–H and O–H groups in total. The van der Waals surface area contributed by atoms with Gasteiger partial charge in [-0.05, 0) is 24.8 Å². The molecule has 2 fully saturated rings. The maximum Gasteiger partial charge on any atom is 0.313 e. The van der Waals surface area contributed by atoms with Crippen LogP contribution in [0.4, 0.5) is 10.1 Å². The average molecular weight is 368 g/mol. The van der Waals surface area contributed by atoms with E-state index in [1.807, 2.05) is 0 Å². The van der Waals surface area contributed by atoms with E-state index in [9.17, 15) is 19.6 Å². The molecule has 0 radical (unpaired) electrons. The highest BCUT2D eigenvalue weighted by Gasteiger charge is 2.39. The average Bonchev–Trinajstić information content (AvgIpc) is 3.28. The summed E-state index contributed by atoms with van der Waals surface area (Å²) in [6.07, 6.45) is 2.02. The number of nitro benzene ring substituents is 1. The SMILES string of the molecule is Cl.Cl.O=[N+]([O-])c1cc(F)cc([C@H](C2CC2)N2CCNCC2)c1O. The maximum atomic E-state index is 13.7. The largest absolute Gasteiger partial charge is 0.502 e. The third-order valence-corrected chi connectivity index (χ3v) is 4.21. The van der Waals surface area contributed by atoms with Gasteiger partial charge in [0.15, 0.2) is 5.75 Å². The van der Waals surface area contributed by atoms with Crippen molar-refractivity contribution in [2.45, 2.75) is 18.9 Å². The van der Waals surface area contributed by atoms with Crippen molar-refractivity contribution < 1.29 is 14.4 Å². The van der Waals surface area contributed by atoms with Crippen molar-refractivity contribution in [2.24, 2.45) is 5.92 Å². The quantitative estimate of drug-likeness (QED) is 0.631. The number of nitrogens with zero attached hydrogens (tertiary/aromatic N) is 2. The molecule has 1 heterocycles. The first-order valence-corrected chi connectivity index (χ1v) is 7.19. The second-order valence-electron chi connectivity index (χ2n) is 5.69. The van der Waals surface area contributed by atoms with Gasteiger partial charge >= 0.3 is 5.69 Å². The minimum Gasteiger partial charge on any atom is -0.502 e. The van der Waals surface area contributed by atoms with Gasteiger partial charge in [-0.15, -0.1) is 24.8 Å². The van der Waals surface area contributed by atoms with Gasteiger partial charge in [0.1, 0.15) is 5.82 Å². The first kappa shape index (κ1) is 19.9. The van der Waals surface area contributed by atoms with Crippen molar-refractivity contribution in [2.75, 3.05) is 26.2 Å². The fourth-order valence-corrected chi connectivity index (χ4v) is 3.09. The van der Waals surface area contributed by atoms with Crippen LogP contribution in [0.1, 0.15) is 24.4 Å². The second-order valence-corrected chi connectivity index (χ2v) is 5.69. The smallest absolute Gasteiger partial charge is 0.313 e. The highest BCUT2D eigenvalue weighted by atomic mass is 35.5. The fourth-order valence-electron chi connectivity index (χ4n) is 3.09. The molecule has 0 bridgehead atoms. The van der Waals surface area contributed by atoms with E-state index in [-0.39, 0.29) is 30.9 Å². The number of nitrogens with one attached hydrogen (secondary N) is 1. The molecule has 2 aliphatic rings. The normalized spacial score (nSPS) is 19.3. The van der Waals surface area contributed by atoms with Gasteiger partial charge in [-0.1, -0.05) is 0 Å². The number of piperazine rings is 1. The van der Waals surface area contributed by atoms with Crippen molar-refractivity contribution in [3.63, 3.8) is 0 Å². The van der Waals surface area contributed by atoms with Crippen LogP contribution in [0.5, 0.6) is 5.75 Å². The number of hydrogen-bond acceptors (Lipinski definition) is 5. The Balaban J connectivity index is 0.00000132. The minimum absolute atomic E-state index is 0. The number of halogens is 3. The van der Waals surface area contributed by atoms with E-state index in [1.165, 1.54) is 6.07 Å². The Bertz CT molecular complexity index is 566. The Hall–Kier alpha value is -1.15. The number of rotatable bonds is 4. The van der Waals surface area contributed by atoms with E-state index in [2.05, 4.69) is 10.2 Å². The highest BCUT2D eigenvalue weighted by Crippen LogP contribution is 2.48. The van der Waals surface area contributed by atoms with Crippen LogP contribution in [0, 0.1) is 21.8 Å². The summed E-state index contributed by atoms with van der Waals surface area (Å²) < 4.78 is 13.7. The van der Waals surface area contributed by atoms with E-state index < -0.39 is 22.2 Å². The monoisotopic (exact) mass is 367 g/mol. The molecule has 1 aliphatic heterocycles. The number of aromatic hydroxyl groups is 1. The molecule has 1 saturated carbocycles. The van der Waals surface area contributed by atoms with Crippen LogP contribution >= 0.6 is 24.8 Å². The van der Waals surface area contributed by atoms with Crippen LogP contribution in [0.25, 0.3) is 0 Å². The number of phenols is 1. The van der Waals surface area contributed by atoms with E-state index in [0.717, 1.165) is 45.1 Å². The summed E-state index contributed by atoms with van der Waals surface area (Å²) >= 11 is 0. The van der Waals surface area contributed by atoms with Crippen molar-refractivity contribution in [3.8, 4) is 5.75 Å². The zero-order valence-electron chi connectivity index (χ0n) is 12.4. The first-order valence-electron chi connectivity index (χ1n) is 7.19. The molecule has 1 atom stereocenters. The van der Waals surface area contributed by atoms with Crippen LogP contribution in [0.15, 0.2) is 12.1 Å². The van der Waals surface area contributed by atoms with Gasteiger partial charge < -0.3 is 10.4 Å². The minimum atomic E-state index is -0.733. The van der Waals surface area contributed by atoms with Crippen LogP contribution in [-0.4, -0.2) is 41.1 Å². The molecule has 1 aromatic rings. The Morgan fingerprint density at radius 1 is 1.30 bits per heavy atom. The second kappa shape index (κ2) is 8.10. The van der Waals surface area contributed by atoms with Crippen LogP contribution in [-0.2, 0) is 0 Å². The molecule has 0 aromatic heterocycles. The summed E-state index contributed by atoms with van der Waals surface area (Å²) in [6, 6.07) is 1.88. The predicted molar refractivity (Wildman–Crippen MR) is 89.1 cm³/mol. The number of phenolic OH excluding ortho intramolecular Hbond substituents is 1. The molecule has 23 heavy (non-hydrogen) atoms. The van der Waals surface area contributed by atoms with Crippen molar-refractivity contribution >= 4 is 30.5 Å². The summed E-state index contributed by atoms with van der Waals surface area (Å²) in [7, 11) is 0. The first-order chi connectivity index (χ1) is 10.1. The van der Waals surface area contributed by atoms with Crippen LogP contribution in [0.3, 0.4) is 0 Å². The number of nitro groups is 1. The Morgan fingerprint density at radius 3 is 2.43 bits per heavy atom. The van der Waals surface area contributed by atoms with Gasteiger partial charge in [-0.25, -0.2) is 4.39 Å². The van der Waals surface area contributed by atoms with E-state index in [4.69, 9.17) is 0 Å². The zero-order valence-corrected chi connectivity index (χ0v) is 14.0. The molecule has 1 aliphatic carbocycles. The Morgan fingerprint density at radius 2 is 1.91 bits per heavy atom. The van der Waals surface area contributed by atoms with Crippen LogP contribution < -0.4 is 5.32 Å². The fraction of sp³-hybridized carbons (Fsp3) is 0.571. The lowest BCUT2D eigenvalue weighted by molar-refractivity contribution is -0.386. The molecule has 1 saturated heterocycles. The standard InChI is InChI=1S/C14H18FN3O3.2ClH/c15-10-7-11(14(19)12(8-10)18(20)21)13(9-1-2-9)17-5-3-16-4-6-17;;/h7-9,13,16,19H,1-6H2;2*1H/t13-;;/m0../s1. The van der Waals surface area contributed by atoms with Crippen molar-refractivity contribution in [3.05, 3.63) is 33.6 Å². The third-order valence-electron chi connectivity index (χ3n) is 4.21. The summed E-state index contributed by atoms with van der Waals surface area (Å²) in [5, 5.41) is 24.4. The Kier molecular flexibility index (Phi) is 7.01. The van der Waals surface area contributed by atoms with Crippen molar-refractivity contribution in [1.82, 2.24) is 10.2 Å². The molecular formula is C14H20Cl2FN3O3. The zero-order chi connectivity index (χ0) is 15.0. The van der Waals surface area contributed by atoms with Gasteiger partial charge in [-0.2, -0.15) is 0 Å². The predicted octanol–water partition coefficient (Wildman–Crippen LogP) is 2.64. The molecule has 0 unspecified atom stereocenters. The molecule has 0 amide bonds. The van der Waals surface area contributed by atoms with E-state index in [0.29, 0.717) is 11.5 Å². The lowest BCUT2D eigenvalue weighted by atomic mass is 9.97. The summed E-state index contributed by atoms with van der Waals surface area (Å²) in [5.74, 6) is -0.720. The van der Waals surface area contributed by atoms with Crippen molar-refractivity contribution in [1.29, 1.82) is 0 Å². The lowest BCUT2D eigenvalue weighted by Crippen LogP contribution is -2.45. The molecule has 9 heteroatoms. The van der Waals surface area contributed by atoms with Gasteiger partial charge in [0.25, 0.3) is 0 Å². The van der Waals surface area contributed by atoms with E-state index in [1.54, 1.807) is 0 Å². The molecule has 0 spiro atoms. The van der Waals surface area contributed by atoms with Gasteiger partial charge in [0.2, 0.25) is 0 Å². The van der Waals surface area contributed by atoms with E-state index >= 15 is 0 Å². The van der Waals surface area contributed by atoms with Gasteiger partial charge in [0.05, 0.1) is 11.0 Å². The number of hydrogen-bond donors (Lipinski definition) is 2.